The smallest absolute Gasteiger partial charge is 0.331 e. The van der Waals surface area contributed by atoms with Crippen molar-refractivity contribution >= 4 is 11.6 Å². The first-order valence-corrected chi connectivity index (χ1v) is 9.03. The fraction of sp³-hybridized carbons (Fsp3) is 0.474. The Morgan fingerprint density at radius 2 is 1.85 bits per heavy atom. The van der Waals surface area contributed by atoms with Crippen molar-refractivity contribution in [3.63, 3.8) is 0 Å². The standard InChI is InChI=1S/C19H24F2N4O/c1-13-17(14(2)25(23-13)19(20)21)18(26)22-16-8-6-15(7-9-16)12-24-10-4-3-5-11-24/h6-9,19H,3-5,10-12H2,1-2H3,(H,22,26)/p+1. The lowest BCUT2D eigenvalue weighted by Gasteiger charge is -2.23. The summed E-state index contributed by atoms with van der Waals surface area (Å²) in [7, 11) is 0. The number of rotatable bonds is 5. The zero-order valence-electron chi connectivity index (χ0n) is 15.2. The van der Waals surface area contributed by atoms with E-state index in [9.17, 15) is 13.6 Å². The van der Waals surface area contributed by atoms with Gasteiger partial charge in [-0.3, -0.25) is 4.79 Å². The number of benzene rings is 1. The molecule has 1 aliphatic heterocycles. The molecule has 2 N–H and O–H groups in total. The molecular weight excluding hydrogens is 338 g/mol. The minimum absolute atomic E-state index is 0.167. The molecule has 0 atom stereocenters. The number of alkyl halides is 2. The number of carbonyl (C=O) groups excluding carboxylic acids is 1. The van der Waals surface area contributed by atoms with E-state index in [2.05, 4.69) is 10.4 Å². The van der Waals surface area contributed by atoms with Crippen LogP contribution >= 0.6 is 0 Å². The monoisotopic (exact) mass is 363 g/mol. The number of anilines is 1. The quantitative estimate of drug-likeness (QED) is 0.858. The summed E-state index contributed by atoms with van der Waals surface area (Å²) >= 11 is 0. The summed E-state index contributed by atoms with van der Waals surface area (Å²) in [4.78, 5) is 14.1. The third-order valence-electron chi connectivity index (χ3n) is 4.96. The topological polar surface area (TPSA) is 51.4 Å². The maximum absolute atomic E-state index is 12.9. The van der Waals surface area contributed by atoms with E-state index in [-0.39, 0.29) is 11.3 Å². The number of halogens is 2. The Labute approximate surface area is 152 Å². The van der Waals surface area contributed by atoms with Gasteiger partial charge in [-0.15, -0.1) is 0 Å². The average molecular weight is 363 g/mol. The van der Waals surface area contributed by atoms with Crippen LogP contribution in [0, 0.1) is 13.8 Å². The molecule has 3 rings (SSSR count). The predicted octanol–water partition coefficient (Wildman–Crippen LogP) is 2.72. The second-order valence-electron chi connectivity index (χ2n) is 6.91. The van der Waals surface area contributed by atoms with Crippen LogP contribution in [0.2, 0.25) is 0 Å². The van der Waals surface area contributed by atoms with E-state index >= 15 is 0 Å². The molecule has 5 nitrogen and oxygen atoms in total. The van der Waals surface area contributed by atoms with E-state index in [1.165, 1.54) is 44.8 Å². The summed E-state index contributed by atoms with van der Waals surface area (Å²) in [5, 5.41) is 6.53. The molecule has 2 heterocycles. The second kappa shape index (κ2) is 7.95. The van der Waals surface area contributed by atoms with Gasteiger partial charge in [-0.2, -0.15) is 13.9 Å². The number of aryl methyl sites for hydroxylation is 1. The van der Waals surface area contributed by atoms with Crippen molar-refractivity contribution in [2.24, 2.45) is 0 Å². The molecule has 7 heteroatoms. The van der Waals surface area contributed by atoms with Crippen LogP contribution in [0.5, 0.6) is 0 Å². The number of nitrogens with one attached hydrogen (secondary N) is 2. The first-order valence-electron chi connectivity index (χ1n) is 9.03. The molecule has 0 radical (unpaired) electrons. The van der Waals surface area contributed by atoms with Gasteiger partial charge < -0.3 is 10.2 Å². The summed E-state index contributed by atoms with van der Waals surface area (Å²) in [5.74, 6) is -0.415. The predicted molar refractivity (Wildman–Crippen MR) is 95.6 cm³/mol. The minimum atomic E-state index is -2.76. The Balaban J connectivity index is 1.66. The number of likely N-dealkylation sites (tertiary alicyclic amines) is 1. The van der Waals surface area contributed by atoms with E-state index < -0.39 is 12.5 Å². The fourth-order valence-corrected chi connectivity index (χ4v) is 3.60. The van der Waals surface area contributed by atoms with Gasteiger partial charge in [-0.25, -0.2) is 4.68 Å². The SMILES string of the molecule is Cc1nn(C(F)F)c(C)c1C(=O)Nc1ccc(C[NH+]2CCCCC2)cc1. The molecule has 1 aromatic heterocycles. The van der Waals surface area contributed by atoms with Gasteiger partial charge in [0.25, 0.3) is 5.91 Å². The van der Waals surface area contributed by atoms with Gasteiger partial charge in [-0.05, 0) is 45.2 Å². The van der Waals surface area contributed by atoms with Crippen molar-refractivity contribution < 1.29 is 18.5 Å². The fourth-order valence-electron chi connectivity index (χ4n) is 3.60. The van der Waals surface area contributed by atoms with E-state index in [1.54, 1.807) is 11.8 Å². The molecule has 1 amide bonds. The van der Waals surface area contributed by atoms with E-state index in [4.69, 9.17) is 0 Å². The number of aromatic nitrogens is 2. The van der Waals surface area contributed by atoms with Crippen LogP contribution < -0.4 is 10.2 Å². The lowest BCUT2D eigenvalue weighted by Crippen LogP contribution is -3.11. The number of amides is 1. The van der Waals surface area contributed by atoms with Crippen molar-refractivity contribution in [1.82, 2.24) is 9.78 Å². The number of hydrogen-bond acceptors (Lipinski definition) is 2. The molecule has 0 unspecified atom stereocenters. The first-order chi connectivity index (χ1) is 12.5. The lowest BCUT2D eigenvalue weighted by molar-refractivity contribution is -0.918. The van der Waals surface area contributed by atoms with Gasteiger partial charge in [0.1, 0.15) is 6.54 Å². The van der Waals surface area contributed by atoms with Gasteiger partial charge in [0, 0.05) is 11.3 Å². The second-order valence-corrected chi connectivity index (χ2v) is 6.91. The maximum Gasteiger partial charge on any atom is 0.333 e. The molecule has 1 fully saturated rings. The van der Waals surface area contributed by atoms with Crippen molar-refractivity contribution in [2.75, 3.05) is 18.4 Å². The van der Waals surface area contributed by atoms with Crippen molar-refractivity contribution in [3.05, 3.63) is 46.8 Å². The van der Waals surface area contributed by atoms with Crippen LogP contribution in [0.25, 0.3) is 0 Å². The third kappa shape index (κ3) is 4.09. The molecule has 1 saturated heterocycles. The molecule has 1 aromatic carbocycles. The van der Waals surface area contributed by atoms with Crippen LogP contribution in [-0.2, 0) is 6.54 Å². The lowest BCUT2D eigenvalue weighted by atomic mass is 10.1. The molecule has 0 aliphatic carbocycles. The number of nitrogens with zero attached hydrogens (tertiary/aromatic N) is 2. The van der Waals surface area contributed by atoms with Crippen molar-refractivity contribution in [1.29, 1.82) is 0 Å². The molecule has 2 aromatic rings. The van der Waals surface area contributed by atoms with Gasteiger partial charge in [0.2, 0.25) is 0 Å². The highest BCUT2D eigenvalue weighted by Crippen LogP contribution is 2.20. The van der Waals surface area contributed by atoms with Crippen LogP contribution in [0.15, 0.2) is 24.3 Å². The van der Waals surface area contributed by atoms with Crippen LogP contribution in [-0.4, -0.2) is 28.8 Å². The summed E-state index contributed by atoms with van der Waals surface area (Å²) in [6, 6.07) is 7.75. The molecule has 0 spiro atoms. The van der Waals surface area contributed by atoms with Crippen LogP contribution in [0.3, 0.4) is 0 Å². The van der Waals surface area contributed by atoms with Crippen LogP contribution in [0.4, 0.5) is 14.5 Å². The third-order valence-corrected chi connectivity index (χ3v) is 4.96. The zero-order chi connectivity index (χ0) is 18.7. The maximum atomic E-state index is 12.9. The van der Waals surface area contributed by atoms with Gasteiger partial charge in [-0.1, -0.05) is 12.1 Å². The Morgan fingerprint density at radius 1 is 1.19 bits per heavy atom. The van der Waals surface area contributed by atoms with Crippen molar-refractivity contribution in [3.8, 4) is 0 Å². The number of hydrogen-bond donors (Lipinski definition) is 2. The highest BCUT2D eigenvalue weighted by Gasteiger charge is 2.22. The average Bonchev–Trinajstić information content (AvgIpc) is 2.92. The Hall–Kier alpha value is -2.28. The minimum Gasteiger partial charge on any atom is -0.331 e. The summed E-state index contributed by atoms with van der Waals surface area (Å²) in [6.07, 6.45) is 3.90. The summed E-state index contributed by atoms with van der Waals surface area (Å²) in [5.41, 5.74) is 2.55. The molecule has 1 aliphatic rings. The number of quaternary nitrogens is 1. The molecule has 140 valence electrons. The van der Waals surface area contributed by atoms with E-state index in [0.29, 0.717) is 16.1 Å². The van der Waals surface area contributed by atoms with Gasteiger partial charge in [0.05, 0.1) is 30.0 Å². The Kier molecular flexibility index (Phi) is 5.66. The largest absolute Gasteiger partial charge is 0.333 e. The van der Waals surface area contributed by atoms with Gasteiger partial charge >= 0.3 is 6.55 Å². The number of carbonyl (C=O) groups is 1. The summed E-state index contributed by atoms with van der Waals surface area (Å²) in [6.45, 7) is 3.70. The Bertz CT molecular complexity index is 765. The van der Waals surface area contributed by atoms with Crippen LogP contribution in [0.1, 0.15) is 53.1 Å². The van der Waals surface area contributed by atoms with E-state index in [0.717, 1.165) is 6.54 Å². The van der Waals surface area contributed by atoms with Crippen molar-refractivity contribution in [2.45, 2.75) is 46.2 Å². The molecular formula is C19H25F2N4O+. The summed E-state index contributed by atoms with van der Waals surface area (Å²) < 4.78 is 26.4. The first kappa shape index (κ1) is 18.5. The van der Waals surface area contributed by atoms with Gasteiger partial charge in [0.15, 0.2) is 0 Å². The highest BCUT2D eigenvalue weighted by atomic mass is 19.3. The van der Waals surface area contributed by atoms with E-state index in [1.807, 2.05) is 24.3 Å². The molecule has 26 heavy (non-hydrogen) atoms. The molecule has 0 bridgehead atoms. The highest BCUT2D eigenvalue weighted by molar-refractivity contribution is 6.05. The molecule has 0 saturated carbocycles. The zero-order valence-corrected chi connectivity index (χ0v) is 15.2. The Morgan fingerprint density at radius 3 is 2.42 bits per heavy atom. The normalized spacial score (nSPS) is 15.4. The number of piperidine rings is 1.